The van der Waals surface area contributed by atoms with Gasteiger partial charge in [-0.2, -0.15) is 0 Å². The van der Waals surface area contributed by atoms with E-state index in [1.54, 1.807) is 19.1 Å². The fourth-order valence-electron chi connectivity index (χ4n) is 0.534. The molecule has 1 atom stereocenters. The highest BCUT2D eigenvalue weighted by molar-refractivity contribution is 5.69. The zero-order chi connectivity index (χ0) is 8.69. The average Bonchev–Trinajstić information content (AvgIpc) is 2.00. The Morgan fingerprint density at radius 2 is 2.27 bits per heavy atom. The summed E-state index contributed by atoms with van der Waals surface area (Å²) in [6.07, 6.45) is 4.17. The molecule has 2 heteroatoms. The average molecular weight is 154 g/mol. The highest BCUT2D eigenvalue weighted by atomic mass is 16.5. The third kappa shape index (κ3) is 5.40. The van der Waals surface area contributed by atoms with E-state index in [-0.39, 0.29) is 12.1 Å². The molecule has 0 saturated heterocycles. The SMILES string of the molecule is C=CCCC(=O)OC(C)C=C. The first-order valence-electron chi connectivity index (χ1n) is 3.63. The number of rotatable bonds is 5. The lowest BCUT2D eigenvalue weighted by atomic mass is 10.3. The fourth-order valence-corrected chi connectivity index (χ4v) is 0.534. The fraction of sp³-hybridized carbons (Fsp3) is 0.444. The first-order valence-corrected chi connectivity index (χ1v) is 3.63. The van der Waals surface area contributed by atoms with Crippen LogP contribution in [0, 0.1) is 0 Å². The van der Waals surface area contributed by atoms with Crippen molar-refractivity contribution in [2.45, 2.75) is 25.9 Å². The summed E-state index contributed by atoms with van der Waals surface area (Å²) in [7, 11) is 0. The third-order valence-electron chi connectivity index (χ3n) is 1.20. The minimum Gasteiger partial charge on any atom is -0.458 e. The molecule has 11 heavy (non-hydrogen) atoms. The number of ether oxygens (including phenoxy) is 1. The topological polar surface area (TPSA) is 26.3 Å². The third-order valence-corrected chi connectivity index (χ3v) is 1.20. The van der Waals surface area contributed by atoms with Crippen molar-refractivity contribution in [3.05, 3.63) is 25.3 Å². The van der Waals surface area contributed by atoms with E-state index in [0.717, 1.165) is 0 Å². The summed E-state index contributed by atoms with van der Waals surface area (Å²) in [5, 5.41) is 0. The lowest BCUT2D eigenvalue weighted by molar-refractivity contribution is -0.146. The Labute approximate surface area is 67.6 Å². The van der Waals surface area contributed by atoms with Crippen LogP contribution in [0.2, 0.25) is 0 Å². The second kappa shape index (κ2) is 5.71. The van der Waals surface area contributed by atoms with Crippen molar-refractivity contribution in [3.63, 3.8) is 0 Å². The Hall–Kier alpha value is -1.05. The minimum absolute atomic E-state index is 0.188. The van der Waals surface area contributed by atoms with Crippen LogP contribution in [0.15, 0.2) is 25.3 Å². The Morgan fingerprint density at radius 1 is 1.64 bits per heavy atom. The number of carbonyl (C=O) groups is 1. The van der Waals surface area contributed by atoms with E-state index >= 15 is 0 Å². The summed E-state index contributed by atoms with van der Waals surface area (Å²) in [6.45, 7) is 8.78. The van der Waals surface area contributed by atoms with E-state index in [1.165, 1.54) is 0 Å². The number of carbonyl (C=O) groups excluding carboxylic acids is 1. The van der Waals surface area contributed by atoms with Crippen molar-refractivity contribution in [1.82, 2.24) is 0 Å². The first-order chi connectivity index (χ1) is 5.20. The van der Waals surface area contributed by atoms with Crippen LogP contribution < -0.4 is 0 Å². The number of allylic oxidation sites excluding steroid dienone is 1. The predicted molar refractivity (Wildman–Crippen MR) is 45.2 cm³/mol. The summed E-state index contributed by atoms with van der Waals surface area (Å²) in [6, 6.07) is 0. The quantitative estimate of drug-likeness (QED) is 0.447. The number of hydrogen-bond acceptors (Lipinski definition) is 2. The molecule has 0 aliphatic heterocycles. The van der Waals surface area contributed by atoms with E-state index in [9.17, 15) is 4.79 Å². The lowest BCUT2D eigenvalue weighted by Gasteiger charge is -2.06. The molecule has 0 radical (unpaired) electrons. The zero-order valence-electron chi connectivity index (χ0n) is 6.88. The first kappa shape index (κ1) is 9.95. The van der Waals surface area contributed by atoms with Crippen molar-refractivity contribution in [2.75, 3.05) is 0 Å². The van der Waals surface area contributed by atoms with E-state index < -0.39 is 0 Å². The van der Waals surface area contributed by atoms with Gasteiger partial charge < -0.3 is 4.74 Å². The van der Waals surface area contributed by atoms with Gasteiger partial charge in [0.2, 0.25) is 0 Å². The van der Waals surface area contributed by atoms with E-state index in [2.05, 4.69) is 13.2 Å². The van der Waals surface area contributed by atoms with E-state index in [1.807, 2.05) is 0 Å². The molecule has 62 valence electrons. The van der Waals surface area contributed by atoms with Crippen molar-refractivity contribution < 1.29 is 9.53 Å². The Balaban J connectivity index is 3.51. The molecule has 0 aliphatic rings. The van der Waals surface area contributed by atoms with Gasteiger partial charge in [0, 0.05) is 6.42 Å². The maximum absolute atomic E-state index is 10.9. The van der Waals surface area contributed by atoms with Gasteiger partial charge in [-0.25, -0.2) is 0 Å². The van der Waals surface area contributed by atoms with Crippen LogP contribution in [-0.2, 0) is 9.53 Å². The smallest absolute Gasteiger partial charge is 0.306 e. The van der Waals surface area contributed by atoms with E-state index in [0.29, 0.717) is 12.8 Å². The predicted octanol–water partition coefficient (Wildman–Crippen LogP) is 2.07. The summed E-state index contributed by atoms with van der Waals surface area (Å²) in [5.41, 5.74) is 0. The largest absolute Gasteiger partial charge is 0.458 e. The van der Waals surface area contributed by atoms with Gasteiger partial charge in [0.1, 0.15) is 6.10 Å². The Morgan fingerprint density at radius 3 is 2.73 bits per heavy atom. The van der Waals surface area contributed by atoms with E-state index in [4.69, 9.17) is 4.74 Å². The number of esters is 1. The summed E-state index contributed by atoms with van der Waals surface area (Å²) in [4.78, 5) is 10.9. The van der Waals surface area contributed by atoms with Crippen molar-refractivity contribution >= 4 is 5.97 Å². The molecule has 0 bridgehead atoms. The molecule has 0 aromatic carbocycles. The molecule has 0 amide bonds. The highest BCUT2D eigenvalue weighted by Crippen LogP contribution is 1.98. The second-order valence-corrected chi connectivity index (χ2v) is 2.26. The van der Waals surface area contributed by atoms with Gasteiger partial charge in [-0.05, 0) is 13.3 Å². The molecule has 0 saturated carbocycles. The van der Waals surface area contributed by atoms with Crippen molar-refractivity contribution in [2.24, 2.45) is 0 Å². The van der Waals surface area contributed by atoms with Gasteiger partial charge in [0.05, 0.1) is 0 Å². The maximum Gasteiger partial charge on any atom is 0.306 e. The summed E-state index contributed by atoms with van der Waals surface area (Å²) < 4.78 is 4.90. The van der Waals surface area contributed by atoms with Gasteiger partial charge >= 0.3 is 5.97 Å². The van der Waals surface area contributed by atoms with Gasteiger partial charge in [-0.1, -0.05) is 18.7 Å². The molecule has 1 unspecified atom stereocenters. The summed E-state index contributed by atoms with van der Waals surface area (Å²) in [5.74, 6) is -0.197. The molecule has 0 heterocycles. The zero-order valence-corrected chi connectivity index (χ0v) is 6.88. The van der Waals surface area contributed by atoms with Gasteiger partial charge in [-0.3, -0.25) is 4.79 Å². The second-order valence-electron chi connectivity index (χ2n) is 2.26. The minimum atomic E-state index is -0.197. The molecular formula is C9H14O2. The van der Waals surface area contributed by atoms with Crippen LogP contribution in [0.1, 0.15) is 19.8 Å². The summed E-state index contributed by atoms with van der Waals surface area (Å²) >= 11 is 0. The van der Waals surface area contributed by atoms with Crippen molar-refractivity contribution in [3.8, 4) is 0 Å². The van der Waals surface area contributed by atoms with Gasteiger partial charge in [-0.15, -0.1) is 6.58 Å². The molecular weight excluding hydrogens is 140 g/mol. The van der Waals surface area contributed by atoms with Crippen LogP contribution >= 0.6 is 0 Å². The van der Waals surface area contributed by atoms with Crippen LogP contribution in [-0.4, -0.2) is 12.1 Å². The molecule has 2 nitrogen and oxygen atoms in total. The Kier molecular flexibility index (Phi) is 5.17. The van der Waals surface area contributed by atoms with Crippen LogP contribution in [0.4, 0.5) is 0 Å². The standard InChI is InChI=1S/C9H14O2/c1-4-6-7-9(10)11-8(3)5-2/h4-5,8H,1-2,6-7H2,3H3. The molecule has 0 aromatic heterocycles. The van der Waals surface area contributed by atoms with Gasteiger partial charge in [0.15, 0.2) is 0 Å². The molecule has 0 N–H and O–H groups in total. The van der Waals surface area contributed by atoms with Crippen molar-refractivity contribution in [1.29, 1.82) is 0 Å². The van der Waals surface area contributed by atoms with Gasteiger partial charge in [0.25, 0.3) is 0 Å². The molecule has 0 spiro atoms. The molecule has 0 aliphatic carbocycles. The normalized spacial score (nSPS) is 11.7. The highest BCUT2D eigenvalue weighted by Gasteiger charge is 2.03. The van der Waals surface area contributed by atoms with Crippen LogP contribution in [0.5, 0.6) is 0 Å². The molecule has 0 rings (SSSR count). The van der Waals surface area contributed by atoms with Crippen LogP contribution in [0.25, 0.3) is 0 Å². The molecule has 0 aromatic rings. The number of hydrogen-bond donors (Lipinski definition) is 0. The maximum atomic E-state index is 10.9. The Bertz CT molecular complexity index is 150. The monoisotopic (exact) mass is 154 g/mol. The van der Waals surface area contributed by atoms with Crippen LogP contribution in [0.3, 0.4) is 0 Å². The lowest BCUT2D eigenvalue weighted by Crippen LogP contribution is -2.11. The molecule has 0 fully saturated rings.